The number of carbonyl (C=O) groups is 2. The predicted octanol–water partition coefficient (Wildman–Crippen LogP) is 0.114. The number of rotatable bonds is 4. The van der Waals surface area contributed by atoms with Gasteiger partial charge in [-0.25, -0.2) is 4.79 Å². The Balaban J connectivity index is 2.15. The molecule has 0 radical (unpaired) electrons. The van der Waals surface area contributed by atoms with Gasteiger partial charge < -0.3 is 20.3 Å². The van der Waals surface area contributed by atoms with E-state index in [1.54, 1.807) is 18.2 Å². The van der Waals surface area contributed by atoms with Crippen molar-refractivity contribution in [3.8, 4) is 5.75 Å². The van der Waals surface area contributed by atoms with Crippen LogP contribution in [0.3, 0.4) is 0 Å². The van der Waals surface area contributed by atoms with Gasteiger partial charge in [0, 0.05) is 5.56 Å². The van der Waals surface area contributed by atoms with E-state index in [1.165, 1.54) is 0 Å². The molecule has 1 heterocycles. The van der Waals surface area contributed by atoms with E-state index in [-0.39, 0.29) is 0 Å². The van der Waals surface area contributed by atoms with E-state index in [9.17, 15) is 9.59 Å². The highest BCUT2D eigenvalue weighted by Gasteiger charge is 2.30. The van der Waals surface area contributed by atoms with E-state index < -0.39 is 30.4 Å². The second kappa shape index (κ2) is 5.71. The van der Waals surface area contributed by atoms with Crippen LogP contribution in [0.2, 0.25) is 0 Å². The molecular weight excluding hydrogens is 250 g/mol. The highest BCUT2D eigenvalue weighted by Crippen LogP contribution is 2.33. The number of amides is 1. The molecule has 2 atom stereocenters. The van der Waals surface area contributed by atoms with Gasteiger partial charge in [0.25, 0.3) is 0 Å². The molecule has 2 unspecified atom stereocenters. The zero-order chi connectivity index (χ0) is 13.8. The van der Waals surface area contributed by atoms with Crippen LogP contribution in [0.1, 0.15) is 17.9 Å². The lowest BCUT2D eigenvalue weighted by Gasteiger charge is -2.26. The minimum Gasteiger partial charge on any atom is -0.493 e. The maximum atomic E-state index is 12.1. The van der Waals surface area contributed by atoms with Crippen LogP contribution in [0.5, 0.6) is 5.75 Å². The summed E-state index contributed by atoms with van der Waals surface area (Å²) in [6.07, 6.45) is 0.487. The highest BCUT2D eigenvalue weighted by molar-refractivity contribution is 5.88. The van der Waals surface area contributed by atoms with Gasteiger partial charge in [-0.15, -0.1) is 0 Å². The average molecular weight is 265 g/mol. The average Bonchev–Trinajstić information content (AvgIpc) is 2.43. The third-order valence-corrected chi connectivity index (χ3v) is 3.07. The van der Waals surface area contributed by atoms with Crippen LogP contribution in [0.4, 0.5) is 0 Å². The molecule has 3 N–H and O–H groups in total. The molecule has 0 saturated heterocycles. The Bertz CT molecular complexity index is 488. The van der Waals surface area contributed by atoms with Gasteiger partial charge >= 0.3 is 5.97 Å². The smallest absolute Gasteiger partial charge is 0.328 e. The number of aliphatic hydroxyl groups is 1. The van der Waals surface area contributed by atoms with Crippen molar-refractivity contribution in [3.63, 3.8) is 0 Å². The molecule has 2 rings (SSSR count). The maximum Gasteiger partial charge on any atom is 0.328 e. The maximum absolute atomic E-state index is 12.1. The van der Waals surface area contributed by atoms with Crippen LogP contribution in [-0.4, -0.2) is 41.3 Å². The number of benzene rings is 1. The van der Waals surface area contributed by atoms with Gasteiger partial charge in [-0.05, 0) is 12.5 Å². The van der Waals surface area contributed by atoms with Gasteiger partial charge in [0.15, 0.2) is 0 Å². The highest BCUT2D eigenvalue weighted by atomic mass is 16.5. The Hall–Kier alpha value is -2.08. The second-order valence-corrected chi connectivity index (χ2v) is 4.31. The van der Waals surface area contributed by atoms with Crippen LogP contribution in [0.25, 0.3) is 0 Å². The summed E-state index contributed by atoms with van der Waals surface area (Å²) in [5.74, 6) is -1.46. The van der Waals surface area contributed by atoms with E-state index in [0.29, 0.717) is 18.8 Å². The molecule has 1 aliphatic heterocycles. The summed E-state index contributed by atoms with van der Waals surface area (Å²) in [6.45, 7) is -0.224. The number of fused-ring (bicyclic) bond motifs is 1. The largest absolute Gasteiger partial charge is 0.493 e. The summed E-state index contributed by atoms with van der Waals surface area (Å²) in [5, 5.41) is 20.1. The number of hydrogen-bond acceptors (Lipinski definition) is 4. The number of aliphatic carboxylic acids is 1. The quantitative estimate of drug-likeness (QED) is 0.718. The Morgan fingerprint density at radius 3 is 2.84 bits per heavy atom. The monoisotopic (exact) mass is 265 g/mol. The fourth-order valence-corrected chi connectivity index (χ4v) is 2.07. The number of hydrogen-bond donors (Lipinski definition) is 3. The zero-order valence-electron chi connectivity index (χ0n) is 10.2. The Labute approximate surface area is 110 Å². The molecule has 1 aliphatic rings. The van der Waals surface area contributed by atoms with Gasteiger partial charge in [-0.2, -0.15) is 0 Å². The summed E-state index contributed by atoms with van der Waals surface area (Å²) >= 11 is 0. The Kier molecular flexibility index (Phi) is 4.01. The summed E-state index contributed by atoms with van der Waals surface area (Å²) < 4.78 is 5.44. The van der Waals surface area contributed by atoms with Crippen molar-refractivity contribution in [3.05, 3.63) is 29.8 Å². The first-order valence-corrected chi connectivity index (χ1v) is 5.99. The minimum absolute atomic E-state index is 0.405. The lowest BCUT2D eigenvalue weighted by molar-refractivity contribution is -0.143. The number of nitrogens with one attached hydrogen (secondary N) is 1. The van der Waals surface area contributed by atoms with Crippen LogP contribution in [0, 0.1) is 0 Å². The number of carboxylic acid groups (broad SMARTS) is 1. The van der Waals surface area contributed by atoms with Gasteiger partial charge in [0.05, 0.1) is 19.1 Å². The molecule has 102 valence electrons. The topological polar surface area (TPSA) is 95.9 Å². The molecule has 0 aromatic heterocycles. The Morgan fingerprint density at radius 1 is 1.42 bits per heavy atom. The SMILES string of the molecule is O=C(O)C(CO)NC(=O)C1CCOc2ccccc21. The second-order valence-electron chi connectivity index (χ2n) is 4.31. The van der Waals surface area contributed by atoms with Gasteiger partial charge in [0.1, 0.15) is 11.8 Å². The first kappa shape index (κ1) is 13.4. The van der Waals surface area contributed by atoms with Crippen molar-refractivity contribution in [2.24, 2.45) is 0 Å². The summed E-state index contributed by atoms with van der Waals surface area (Å²) in [4.78, 5) is 22.9. The molecule has 0 bridgehead atoms. The third kappa shape index (κ3) is 2.85. The van der Waals surface area contributed by atoms with Crippen LogP contribution in [0.15, 0.2) is 24.3 Å². The summed E-state index contributed by atoms with van der Waals surface area (Å²) in [5.41, 5.74) is 0.744. The molecule has 6 heteroatoms. The third-order valence-electron chi connectivity index (χ3n) is 3.07. The number of ether oxygens (including phenoxy) is 1. The van der Waals surface area contributed by atoms with E-state index in [2.05, 4.69) is 5.32 Å². The van der Waals surface area contributed by atoms with Gasteiger partial charge in [-0.1, -0.05) is 18.2 Å². The van der Waals surface area contributed by atoms with E-state index in [1.807, 2.05) is 6.07 Å². The molecular formula is C13H15NO5. The van der Waals surface area contributed by atoms with Crippen molar-refractivity contribution in [1.82, 2.24) is 5.32 Å². The lowest BCUT2D eigenvalue weighted by atomic mass is 9.92. The molecule has 1 aromatic carbocycles. The molecule has 0 aliphatic carbocycles. The molecule has 6 nitrogen and oxygen atoms in total. The molecule has 0 saturated carbocycles. The number of carbonyl (C=O) groups excluding carboxylic acids is 1. The zero-order valence-corrected chi connectivity index (χ0v) is 10.2. The first-order chi connectivity index (χ1) is 9.13. The van der Waals surface area contributed by atoms with Crippen LogP contribution >= 0.6 is 0 Å². The van der Waals surface area contributed by atoms with Gasteiger partial charge in [-0.3, -0.25) is 4.79 Å². The molecule has 1 aromatic rings. The van der Waals surface area contributed by atoms with E-state index in [0.717, 1.165) is 5.56 Å². The predicted molar refractivity (Wildman–Crippen MR) is 65.9 cm³/mol. The van der Waals surface area contributed by atoms with Crippen molar-refractivity contribution < 1.29 is 24.5 Å². The normalized spacial score (nSPS) is 18.9. The van der Waals surface area contributed by atoms with Crippen LogP contribution < -0.4 is 10.1 Å². The van der Waals surface area contributed by atoms with Gasteiger partial charge in [0.2, 0.25) is 5.91 Å². The molecule has 0 fully saturated rings. The lowest BCUT2D eigenvalue weighted by Crippen LogP contribution is -2.45. The molecule has 0 spiro atoms. The van der Waals surface area contributed by atoms with E-state index in [4.69, 9.17) is 14.9 Å². The number of carboxylic acids is 1. The first-order valence-electron chi connectivity index (χ1n) is 5.99. The van der Waals surface area contributed by atoms with Crippen LogP contribution in [-0.2, 0) is 9.59 Å². The fourth-order valence-electron chi connectivity index (χ4n) is 2.07. The Morgan fingerprint density at radius 2 is 2.16 bits per heavy atom. The summed E-state index contributed by atoms with van der Waals surface area (Å²) in [6, 6.07) is 5.90. The standard InChI is InChI=1S/C13H15NO5/c15-7-10(13(17)18)14-12(16)9-5-6-19-11-4-2-1-3-8(9)11/h1-4,9-10,15H,5-7H2,(H,14,16)(H,17,18). The number of aliphatic hydroxyl groups excluding tert-OH is 1. The summed E-state index contributed by atoms with van der Waals surface area (Å²) in [7, 11) is 0. The molecule has 19 heavy (non-hydrogen) atoms. The fraction of sp³-hybridized carbons (Fsp3) is 0.385. The van der Waals surface area contributed by atoms with E-state index >= 15 is 0 Å². The van der Waals surface area contributed by atoms with Crippen molar-refractivity contribution in [2.45, 2.75) is 18.4 Å². The van der Waals surface area contributed by atoms with Crippen molar-refractivity contribution in [2.75, 3.05) is 13.2 Å². The van der Waals surface area contributed by atoms with Crippen molar-refractivity contribution >= 4 is 11.9 Å². The molecule has 1 amide bonds. The minimum atomic E-state index is -1.28. The van der Waals surface area contributed by atoms with Crippen molar-refractivity contribution in [1.29, 1.82) is 0 Å². The number of para-hydroxylation sites is 1.